The Labute approximate surface area is 153 Å². The predicted octanol–water partition coefficient (Wildman–Crippen LogP) is 3.80. The van der Waals surface area contributed by atoms with Crippen LogP contribution in [0.15, 0.2) is 47.4 Å². The molecular formula is C19H17F3N4O. The van der Waals surface area contributed by atoms with E-state index in [-0.39, 0.29) is 12.5 Å². The number of anilines is 3. The quantitative estimate of drug-likeness (QED) is 0.713. The fraction of sp³-hybridized carbons (Fsp3) is 0.158. The highest BCUT2D eigenvalue weighted by atomic mass is 19.2. The van der Waals surface area contributed by atoms with E-state index in [1.807, 2.05) is 25.1 Å². The first-order valence-corrected chi connectivity index (χ1v) is 8.13. The first-order chi connectivity index (χ1) is 12.9. The predicted molar refractivity (Wildman–Crippen MR) is 97.9 cm³/mol. The second-order valence-corrected chi connectivity index (χ2v) is 6.00. The van der Waals surface area contributed by atoms with Crippen LogP contribution in [0.5, 0.6) is 0 Å². The third-order valence-corrected chi connectivity index (χ3v) is 4.06. The standard InChI is InChI=1S/C19H17F3N4O/c1-11-3-5-13(23-2)8-17(11)24-19-25-18(27)16(22)10-26(19)9-12-4-6-14(20)15(21)7-12/h3-8,10,23H,9H2,1-2H3,(H,24,25,27). The Bertz CT molecular complexity index is 1050. The molecule has 0 bridgehead atoms. The van der Waals surface area contributed by atoms with Crippen molar-refractivity contribution in [3.05, 3.63) is 81.5 Å². The topological polar surface area (TPSA) is 59.0 Å². The molecule has 0 atom stereocenters. The molecule has 5 nitrogen and oxygen atoms in total. The lowest BCUT2D eigenvalue weighted by molar-refractivity contribution is 0.506. The summed E-state index contributed by atoms with van der Waals surface area (Å²) in [6, 6.07) is 8.95. The molecule has 0 aliphatic rings. The molecule has 8 heteroatoms. The van der Waals surface area contributed by atoms with Gasteiger partial charge in [0.15, 0.2) is 11.6 Å². The summed E-state index contributed by atoms with van der Waals surface area (Å²) < 4.78 is 41.7. The van der Waals surface area contributed by atoms with Gasteiger partial charge in [-0.2, -0.15) is 9.37 Å². The van der Waals surface area contributed by atoms with E-state index in [4.69, 9.17) is 0 Å². The van der Waals surface area contributed by atoms with E-state index in [1.165, 1.54) is 10.6 Å². The number of rotatable bonds is 5. The molecule has 0 amide bonds. The number of benzene rings is 2. The molecule has 0 unspecified atom stereocenters. The van der Waals surface area contributed by atoms with Crippen molar-refractivity contribution in [3.8, 4) is 0 Å². The van der Waals surface area contributed by atoms with E-state index in [0.29, 0.717) is 11.3 Å². The third-order valence-electron chi connectivity index (χ3n) is 4.06. The summed E-state index contributed by atoms with van der Waals surface area (Å²) in [6.45, 7) is 1.86. The van der Waals surface area contributed by atoms with Crippen molar-refractivity contribution in [2.75, 3.05) is 17.7 Å². The first-order valence-electron chi connectivity index (χ1n) is 8.13. The zero-order valence-electron chi connectivity index (χ0n) is 14.7. The van der Waals surface area contributed by atoms with E-state index in [0.717, 1.165) is 29.6 Å². The number of hydrogen-bond donors (Lipinski definition) is 2. The number of halogens is 3. The Morgan fingerprint density at radius 1 is 1.04 bits per heavy atom. The van der Waals surface area contributed by atoms with Gasteiger partial charge in [0.25, 0.3) is 0 Å². The summed E-state index contributed by atoms with van der Waals surface area (Å²) in [6.07, 6.45) is 0.982. The number of hydrogen-bond acceptors (Lipinski definition) is 4. The lowest BCUT2D eigenvalue weighted by atomic mass is 10.2. The van der Waals surface area contributed by atoms with Gasteiger partial charge in [-0.25, -0.2) is 8.78 Å². The zero-order chi connectivity index (χ0) is 19.6. The van der Waals surface area contributed by atoms with E-state index in [9.17, 15) is 18.0 Å². The summed E-state index contributed by atoms with van der Waals surface area (Å²) >= 11 is 0. The van der Waals surface area contributed by atoms with Crippen LogP contribution in [0.3, 0.4) is 0 Å². The highest BCUT2D eigenvalue weighted by molar-refractivity contribution is 5.65. The molecule has 3 aromatic rings. The van der Waals surface area contributed by atoms with Gasteiger partial charge < -0.3 is 15.2 Å². The SMILES string of the molecule is CNc1ccc(C)c(Nc2nc(=O)c(F)cn2Cc2ccc(F)c(F)c2)c1. The Hall–Kier alpha value is -3.29. The summed E-state index contributed by atoms with van der Waals surface area (Å²) in [5.41, 5.74) is 1.76. The van der Waals surface area contributed by atoms with Gasteiger partial charge in [0.1, 0.15) is 0 Å². The van der Waals surface area contributed by atoms with Crippen LogP contribution in [0.2, 0.25) is 0 Å². The van der Waals surface area contributed by atoms with E-state index in [2.05, 4.69) is 15.6 Å². The minimum Gasteiger partial charge on any atom is -0.388 e. The molecule has 0 saturated carbocycles. The van der Waals surface area contributed by atoms with Gasteiger partial charge >= 0.3 is 5.56 Å². The number of nitrogens with zero attached hydrogens (tertiary/aromatic N) is 2. The molecule has 140 valence electrons. The van der Waals surface area contributed by atoms with Crippen molar-refractivity contribution < 1.29 is 13.2 Å². The maximum Gasteiger partial charge on any atom is 0.310 e. The molecule has 1 heterocycles. The maximum absolute atomic E-state index is 13.8. The summed E-state index contributed by atoms with van der Waals surface area (Å²) in [4.78, 5) is 15.4. The molecular weight excluding hydrogens is 357 g/mol. The fourth-order valence-electron chi connectivity index (χ4n) is 2.55. The molecule has 0 saturated heterocycles. The van der Waals surface area contributed by atoms with Crippen molar-refractivity contribution in [3.63, 3.8) is 0 Å². The molecule has 0 radical (unpaired) electrons. The van der Waals surface area contributed by atoms with Crippen LogP contribution in [-0.2, 0) is 6.54 Å². The molecule has 2 N–H and O–H groups in total. The molecule has 27 heavy (non-hydrogen) atoms. The van der Waals surface area contributed by atoms with Crippen LogP contribution in [0, 0.1) is 24.4 Å². The maximum atomic E-state index is 13.8. The Morgan fingerprint density at radius 3 is 2.52 bits per heavy atom. The second-order valence-electron chi connectivity index (χ2n) is 6.00. The van der Waals surface area contributed by atoms with Crippen LogP contribution in [0.25, 0.3) is 0 Å². The Balaban J connectivity index is 2.01. The minimum absolute atomic E-state index is 0.00546. The first kappa shape index (κ1) is 18.5. The Morgan fingerprint density at radius 2 is 1.81 bits per heavy atom. The number of aryl methyl sites for hydroxylation is 1. The molecule has 1 aromatic heterocycles. The molecule has 3 rings (SSSR count). The third kappa shape index (κ3) is 4.11. The van der Waals surface area contributed by atoms with E-state index in [1.54, 1.807) is 7.05 Å². The smallest absolute Gasteiger partial charge is 0.310 e. The lowest BCUT2D eigenvalue weighted by Gasteiger charge is -2.16. The van der Waals surface area contributed by atoms with Crippen LogP contribution >= 0.6 is 0 Å². The van der Waals surface area contributed by atoms with Crippen molar-refractivity contribution in [1.29, 1.82) is 0 Å². The lowest BCUT2D eigenvalue weighted by Crippen LogP contribution is -2.20. The summed E-state index contributed by atoms with van der Waals surface area (Å²) in [5.74, 6) is -2.93. The van der Waals surface area contributed by atoms with Crippen LogP contribution in [0.1, 0.15) is 11.1 Å². The van der Waals surface area contributed by atoms with E-state index < -0.39 is 23.0 Å². The average Bonchev–Trinajstić information content (AvgIpc) is 2.64. The molecule has 0 fully saturated rings. The van der Waals surface area contributed by atoms with Gasteiger partial charge in [-0.15, -0.1) is 0 Å². The van der Waals surface area contributed by atoms with E-state index >= 15 is 0 Å². The van der Waals surface area contributed by atoms with Crippen LogP contribution in [-0.4, -0.2) is 16.6 Å². The van der Waals surface area contributed by atoms with Gasteiger partial charge in [-0.1, -0.05) is 12.1 Å². The van der Waals surface area contributed by atoms with Gasteiger partial charge in [0.05, 0.1) is 6.54 Å². The monoisotopic (exact) mass is 374 g/mol. The summed E-state index contributed by atoms with van der Waals surface area (Å²) in [7, 11) is 1.77. The average molecular weight is 374 g/mol. The molecule has 0 aliphatic heterocycles. The van der Waals surface area contributed by atoms with Gasteiger partial charge in [-0.05, 0) is 42.3 Å². The molecule has 0 spiro atoms. The van der Waals surface area contributed by atoms with Gasteiger partial charge in [0.2, 0.25) is 11.8 Å². The van der Waals surface area contributed by atoms with Crippen LogP contribution < -0.4 is 16.2 Å². The van der Waals surface area contributed by atoms with Crippen LogP contribution in [0.4, 0.5) is 30.5 Å². The highest BCUT2D eigenvalue weighted by Crippen LogP contribution is 2.23. The molecule has 2 aromatic carbocycles. The van der Waals surface area contributed by atoms with Crippen molar-refractivity contribution in [2.45, 2.75) is 13.5 Å². The fourth-order valence-corrected chi connectivity index (χ4v) is 2.55. The largest absolute Gasteiger partial charge is 0.388 e. The van der Waals surface area contributed by atoms with Gasteiger partial charge in [0, 0.05) is 24.6 Å². The summed E-state index contributed by atoms with van der Waals surface area (Å²) in [5, 5.41) is 6.01. The minimum atomic E-state index is -1.04. The second kappa shape index (κ2) is 7.53. The van der Waals surface area contributed by atoms with Crippen molar-refractivity contribution in [1.82, 2.24) is 9.55 Å². The normalized spacial score (nSPS) is 10.7. The number of aromatic nitrogens is 2. The van der Waals surface area contributed by atoms with Crippen molar-refractivity contribution >= 4 is 17.3 Å². The Kier molecular flexibility index (Phi) is 5.16. The number of nitrogens with one attached hydrogen (secondary N) is 2. The molecule has 0 aliphatic carbocycles. The van der Waals surface area contributed by atoms with Gasteiger partial charge in [-0.3, -0.25) is 4.79 Å². The highest BCUT2D eigenvalue weighted by Gasteiger charge is 2.12. The van der Waals surface area contributed by atoms with Crippen molar-refractivity contribution in [2.24, 2.45) is 0 Å². The zero-order valence-corrected chi connectivity index (χ0v) is 14.7.